The van der Waals surface area contributed by atoms with Gasteiger partial charge in [-0.1, -0.05) is 114 Å². The molecule has 0 unspecified atom stereocenters. The Labute approximate surface area is 520 Å². The molecule has 0 spiro atoms. The van der Waals surface area contributed by atoms with Crippen molar-refractivity contribution in [1.82, 2.24) is 26.2 Å². The van der Waals surface area contributed by atoms with Crippen molar-refractivity contribution in [1.29, 1.82) is 0 Å². The van der Waals surface area contributed by atoms with Gasteiger partial charge >= 0.3 is 24.1 Å². The van der Waals surface area contributed by atoms with Gasteiger partial charge in [0.05, 0.1) is 0 Å². The van der Waals surface area contributed by atoms with E-state index in [0.717, 1.165) is 71.6 Å². The fourth-order valence-corrected chi connectivity index (χ4v) is 15.6. The van der Waals surface area contributed by atoms with Crippen LogP contribution in [0.1, 0.15) is 223 Å². The normalized spacial score (nSPS) is 24.3. The highest BCUT2D eigenvalue weighted by atomic mass is 16.6. The molecule has 0 aliphatic heterocycles. The summed E-state index contributed by atoms with van der Waals surface area (Å²) < 4.78 is 22.8. The number of carbonyl (C=O) groups excluding carboxylic acids is 7. The molecule has 0 aromatic heterocycles. The summed E-state index contributed by atoms with van der Waals surface area (Å²) in [6.45, 7) is 28.9. The number of benzene rings is 2. The minimum absolute atomic E-state index is 0.0224. The highest BCUT2D eigenvalue weighted by Gasteiger charge is 2.59. The summed E-state index contributed by atoms with van der Waals surface area (Å²) in [5, 5.41) is 11.0. The van der Waals surface area contributed by atoms with Crippen LogP contribution >= 0.6 is 0 Å². The highest BCUT2D eigenvalue weighted by Crippen LogP contribution is 2.67. The van der Waals surface area contributed by atoms with Gasteiger partial charge in [0.25, 0.3) is 0 Å². The number of hydrogen-bond acceptors (Lipinski definition) is 11. The second kappa shape index (κ2) is 29.1. The maximum atomic E-state index is 14.2. The summed E-state index contributed by atoms with van der Waals surface area (Å²) in [6.07, 6.45) is 14.0. The zero-order valence-electron chi connectivity index (χ0n) is 55.3. The Bertz CT molecular complexity index is 2730. The Morgan fingerprint density at radius 2 is 1.23 bits per heavy atom. The number of nitrogens with one attached hydrogen (secondary N) is 4. The van der Waals surface area contributed by atoms with E-state index in [0.29, 0.717) is 30.2 Å². The van der Waals surface area contributed by atoms with Gasteiger partial charge in [-0.15, -0.1) is 0 Å². The molecule has 482 valence electrons. The molecule has 2 aromatic rings. The largest absolute Gasteiger partial charge is 0.460 e. The van der Waals surface area contributed by atoms with Crippen LogP contribution in [0.25, 0.3) is 11.1 Å². The van der Waals surface area contributed by atoms with E-state index < -0.39 is 58.7 Å². The quantitative estimate of drug-likeness (QED) is 0.0318. The monoisotopic (exact) mass is 1210 g/mol. The molecule has 5 amide bonds. The topological polar surface area (TPSA) is 208 Å². The van der Waals surface area contributed by atoms with Gasteiger partial charge in [0.2, 0.25) is 17.7 Å². The number of nitrogens with zero attached hydrogens (tertiary/aromatic N) is 1. The molecule has 3 saturated carbocycles. The first-order valence-electron chi connectivity index (χ1n) is 32.9. The number of rotatable bonds is 25. The Morgan fingerprint density at radius 1 is 0.632 bits per heavy atom. The van der Waals surface area contributed by atoms with Crippen LogP contribution in [0, 0.1) is 46.3 Å². The van der Waals surface area contributed by atoms with E-state index >= 15 is 0 Å². The van der Waals surface area contributed by atoms with Crippen LogP contribution < -0.4 is 21.3 Å². The average molecular weight is 1210 g/mol. The third-order valence-electron chi connectivity index (χ3n) is 19.6. The Morgan fingerprint density at radius 3 is 1.83 bits per heavy atom. The zero-order chi connectivity index (χ0) is 63.6. The summed E-state index contributed by atoms with van der Waals surface area (Å²) >= 11 is 0. The van der Waals surface area contributed by atoms with Gasteiger partial charge in [0.15, 0.2) is 0 Å². The van der Waals surface area contributed by atoms with E-state index in [9.17, 15) is 33.6 Å². The van der Waals surface area contributed by atoms with Crippen LogP contribution in [-0.2, 0) is 42.9 Å². The smallest absolute Gasteiger partial charge is 0.410 e. The molecule has 0 saturated heterocycles. The maximum Gasteiger partial charge on any atom is 0.410 e. The molecule has 2 aromatic carbocycles. The second-order valence-corrected chi connectivity index (χ2v) is 29.9. The van der Waals surface area contributed by atoms with Gasteiger partial charge in [-0.3, -0.25) is 24.0 Å². The van der Waals surface area contributed by atoms with Crippen molar-refractivity contribution in [3.05, 3.63) is 71.3 Å². The average Bonchev–Trinajstić information content (AvgIpc) is 1.73. The maximum absolute atomic E-state index is 14.2. The Hall–Kier alpha value is -5.93. The van der Waals surface area contributed by atoms with Crippen molar-refractivity contribution < 1.29 is 52.5 Å². The minimum atomic E-state index is -1.36. The molecule has 5 aliphatic carbocycles. The highest BCUT2D eigenvalue weighted by molar-refractivity contribution is 5.92. The van der Waals surface area contributed by atoms with Gasteiger partial charge in [-0.25, -0.2) is 9.59 Å². The summed E-state index contributed by atoms with van der Waals surface area (Å²) in [4.78, 5) is 97.1. The van der Waals surface area contributed by atoms with Crippen molar-refractivity contribution in [2.24, 2.45) is 46.3 Å². The third-order valence-corrected chi connectivity index (χ3v) is 19.6. The summed E-state index contributed by atoms with van der Waals surface area (Å²) in [7, 11) is 0. The SMILES string of the molecule is CC(C)CCC[C@@H](C)[C@H]1CC[C@H]2[C@@H]3CC=C4C[C@@H](N(CCCNC(=O)CCNC(=O)[C@H](CCC(=O)OC(C)(C)C)NC(=O)[C@H](CCC(=O)OC(C)(C)C)NC(=O)OCC5c6ccccc6-c6ccccc65)C(=O)OC(C)(C)C)CC[C@]4(C)[C@H]3CC[C@]12C. The molecule has 0 bridgehead atoms. The van der Waals surface area contributed by atoms with E-state index in [2.05, 4.69) is 62.0 Å². The van der Waals surface area contributed by atoms with Gasteiger partial charge in [0.1, 0.15) is 35.5 Å². The first-order valence-corrected chi connectivity index (χ1v) is 32.9. The van der Waals surface area contributed by atoms with Crippen molar-refractivity contribution >= 4 is 41.8 Å². The number of fused-ring (bicyclic) bond motifs is 8. The first kappa shape index (κ1) is 68.6. The first-order chi connectivity index (χ1) is 40.9. The number of allylic oxidation sites excluding steroid dienone is 1. The van der Waals surface area contributed by atoms with Crippen LogP contribution in [0.2, 0.25) is 0 Å². The predicted molar refractivity (Wildman–Crippen MR) is 339 cm³/mol. The summed E-state index contributed by atoms with van der Waals surface area (Å²) in [5.41, 5.74) is 3.82. The number of alkyl carbamates (subject to hydrolysis) is 1. The molecule has 4 N–H and O–H groups in total. The van der Waals surface area contributed by atoms with Crippen molar-refractivity contribution in [3.8, 4) is 11.1 Å². The third kappa shape index (κ3) is 18.4. The van der Waals surface area contributed by atoms with Gasteiger partial charge in [-0.05, 0) is 202 Å². The lowest BCUT2D eigenvalue weighted by atomic mass is 9.46. The number of hydrogen-bond donors (Lipinski definition) is 4. The van der Waals surface area contributed by atoms with Crippen molar-refractivity contribution in [2.45, 2.75) is 247 Å². The molecular formula is C71H107N5O11. The second-order valence-electron chi connectivity index (χ2n) is 29.9. The van der Waals surface area contributed by atoms with E-state index in [1.807, 2.05) is 74.2 Å². The lowest BCUT2D eigenvalue weighted by Crippen LogP contribution is -2.54. The summed E-state index contributed by atoms with van der Waals surface area (Å²) in [6, 6.07) is 13.1. The van der Waals surface area contributed by atoms with Crippen LogP contribution in [0.3, 0.4) is 0 Å². The lowest BCUT2D eigenvalue weighted by Gasteiger charge is -2.59. The zero-order valence-corrected chi connectivity index (χ0v) is 55.3. The van der Waals surface area contributed by atoms with E-state index in [1.165, 1.54) is 50.5 Å². The van der Waals surface area contributed by atoms with Gasteiger partial charge < -0.3 is 45.1 Å². The molecule has 5 aliphatic rings. The molecule has 7 rings (SSSR count). The molecule has 16 nitrogen and oxygen atoms in total. The molecule has 16 heteroatoms. The fraction of sp³-hybridized carbons (Fsp3) is 0.704. The van der Waals surface area contributed by atoms with Gasteiger partial charge in [0, 0.05) is 50.9 Å². The molecule has 0 heterocycles. The number of esters is 2. The van der Waals surface area contributed by atoms with Crippen molar-refractivity contribution in [3.63, 3.8) is 0 Å². The fourth-order valence-electron chi connectivity index (χ4n) is 15.6. The van der Waals surface area contributed by atoms with Crippen LogP contribution in [0.4, 0.5) is 9.59 Å². The van der Waals surface area contributed by atoms with Gasteiger partial charge in [-0.2, -0.15) is 0 Å². The number of ether oxygens (including phenoxy) is 4. The molecule has 87 heavy (non-hydrogen) atoms. The Balaban J connectivity index is 0.938. The summed E-state index contributed by atoms with van der Waals surface area (Å²) in [5.74, 6) is 1.24. The van der Waals surface area contributed by atoms with Crippen LogP contribution in [0.15, 0.2) is 60.2 Å². The van der Waals surface area contributed by atoms with E-state index in [4.69, 9.17) is 18.9 Å². The number of carbonyl (C=O) groups is 7. The molecule has 0 radical (unpaired) electrons. The standard InChI is InChI=1S/C71H107N5O11/c1-45(2)21-19-22-46(3)55-29-30-56-53-28-27-47-43-48(35-38-70(47,13)57(53)36-39-71(55,56)14)76(66(83)87-69(10,11)12)42-20-40-72-60(77)37-41-73-63(80)58(31-33-61(78)85-67(4,5)6)74-64(81)59(32-34-62(79)86-68(7,8)9)75-65(82)84-44-54-51-25-17-15-23-49(51)50-24-16-18-26-52(50)54/h15-18,23-27,45-46,48,53-59H,19-22,28-44H2,1-14H3,(H,72,77)(H,73,80)(H,74,81)(H,75,82)/t46-,48+,53+,55-,56+,57+,58+,59+,70+,71-/m1/s1. The van der Waals surface area contributed by atoms with Crippen molar-refractivity contribution in [2.75, 3.05) is 26.2 Å². The van der Waals surface area contributed by atoms with E-state index in [1.54, 1.807) is 41.5 Å². The lowest BCUT2D eigenvalue weighted by molar-refractivity contribution is -0.156. The predicted octanol–water partition coefficient (Wildman–Crippen LogP) is 13.3. The Kier molecular flexibility index (Phi) is 23.0. The molecule has 3 fully saturated rings. The molecule has 10 atom stereocenters. The van der Waals surface area contributed by atoms with E-state index in [-0.39, 0.29) is 81.2 Å². The molecular weight excluding hydrogens is 1100 g/mol. The van der Waals surface area contributed by atoms with Crippen LogP contribution in [0.5, 0.6) is 0 Å². The number of amides is 5. The minimum Gasteiger partial charge on any atom is -0.460 e. The van der Waals surface area contributed by atoms with Crippen LogP contribution in [-0.4, -0.2) is 108 Å².